The summed E-state index contributed by atoms with van der Waals surface area (Å²) < 4.78 is 4.67. The molecular formula is C13H16O3. The van der Waals surface area contributed by atoms with Crippen molar-refractivity contribution in [1.82, 2.24) is 0 Å². The number of Topliss-reactive ketones (excluding diaryl/α,β-unsaturated/α-hetero) is 1. The first-order valence-corrected chi connectivity index (χ1v) is 4.98. The Morgan fingerprint density at radius 2 is 1.75 bits per heavy atom. The van der Waals surface area contributed by atoms with Gasteiger partial charge in [0.15, 0.2) is 5.78 Å². The molecule has 0 bridgehead atoms. The third kappa shape index (κ3) is 5.10. The molecule has 0 unspecified atom stereocenters. The predicted molar refractivity (Wildman–Crippen MR) is 63.3 cm³/mol. The number of hydrogen-bond acceptors (Lipinski definition) is 3. The quantitative estimate of drug-likeness (QED) is 0.339. The summed E-state index contributed by atoms with van der Waals surface area (Å²) in [7, 11) is 0. The van der Waals surface area contributed by atoms with Crippen LogP contribution in [0.2, 0.25) is 0 Å². The van der Waals surface area contributed by atoms with Crippen molar-refractivity contribution in [1.29, 1.82) is 0 Å². The fourth-order valence-corrected chi connectivity index (χ4v) is 1.07. The predicted octanol–water partition coefficient (Wildman–Crippen LogP) is 2.62. The largest absolute Gasteiger partial charge is 0.466 e. The van der Waals surface area contributed by atoms with E-state index >= 15 is 0 Å². The molecule has 1 aromatic carbocycles. The molecule has 0 amide bonds. The topological polar surface area (TPSA) is 43.4 Å². The van der Waals surface area contributed by atoms with Crippen LogP contribution >= 0.6 is 0 Å². The number of benzene rings is 1. The maximum atomic E-state index is 11.4. The molecule has 0 spiro atoms. The fourth-order valence-electron chi connectivity index (χ4n) is 1.07. The number of ketones is 1. The summed E-state index contributed by atoms with van der Waals surface area (Å²) >= 11 is 0. The van der Waals surface area contributed by atoms with Gasteiger partial charge < -0.3 is 4.74 Å². The van der Waals surface area contributed by atoms with Gasteiger partial charge in [0.1, 0.15) is 6.42 Å². The van der Waals surface area contributed by atoms with Gasteiger partial charge in [-0.3, -0.25) is 9.59 Å². The SMILES string of the molecule is C=C.CCOC(=O)CC(=O)c1ccccc1. The first kappa shape index (κ1) is 14.1. The lowest BCUT2D eigenvalue weighted by atomic mass is 10.1. The second-order valence-corrected chi connectivity index (χ2v) is 2.77. The third-order valence-electron chi connectivity index (χ3n) is 1.71. The van der Waals surface area contributed by atoms with Crippen molar-refractivity contribution >= 4 is 11.8 Å². The summed E-state index contributed by atoms with van der Waals surface area (Å²) in [5, 5.41) is 0. The second-order valence-electron chi connectivity index (χ2n) is 2.77. The van der Waals surface area contributed by atoms with Gasteiger partial charge >= 0.3 is 5.97 Å². The Morgan fingerprint density at radius 3 is 2.25 bits per heavy atom. The minimum atomic E-state index is -0.471. The summed E-state index contributed by atoms with van der Waals surface area (Å²) in [5.41, 5.74) is 0.542. The average molecular weight is 220 g/mol. The van der Waals surface area contributed by atoms with Gasteiger partial charge in [-0.1, -0.05) is 30.3 Å². The lowest BCUT2D eigenvalue weighted by Crippen LogP contribution is -2.11. The number of carbonyl (C=O) groups is 2. The van der Waals surface area contributed by atoms with Crippen LogP contribution in [0.5, 0.6) is 0 Å². The number of rotatable bonds is 4. The molecular weight excluding hydrogens is 204 g/mol. The summed E-state index contributed by atoms with van der Waals surface area (Å²) in [6, 6.07) is 8.71. The highest BCUT2D eigenvalue weighted by atomic mass is 16.5. The van der Waals surface area contributed by atoms with Crippen molar-refractivity contribution in [3.63, 3.8) is 0 Å². The van der Waals surface area contributed by atoms with Gasteiger partial charge in [0, 0.05) is 5.56 Å². The standard InChI is InChI=1S/C11H12O3.C2H4/c1-2-14-11(13)8-10(12)9-6-4-3-5-7-9;1-2/h3-7H,2,8H2,1H3;1-2H2. The number of esters is 1. The van der Waals surface area contributed by atoms with Crippen LogP contribution in [0, 0.1) is 0 Å². The van der Waals surface area contributed by atoms with E-state index in [-0.39, 0.29) is 12.2 Å². The number of hydrogen-bond donors (Lipinski definition) is 0. The van der Waals surface area contributed by atoms with Crippen molar-refractivity contribution in [3.8, 4) is 0 Å². The number of ether oxygens (including phenoxy) is 1. The Morgan fingerprint density at radius 1 is 1.19 bits per heavy atom. The van der Waals surface area contributed by atoms with E-state index in [1.54, 1.807) is 31.2 Å². The van der Waals surface area contributed by atoms with Crippen LogP contribution in [-0.2, 0) is 9.53 Å². The van der Waals surface area contributed by atoms with Crippen LogP contribution in [0.25, 0.3) is 0 Å². The fraction of sp³-hybridized carbons (Fsp3) is 0.231. The summed E-state index contributed by atoms with van der Waals surface area (Å²) in [5.74, 6) is -0.676. The van der Waals surface area contributed by atoms with Crippen LogP contribution in [0.1, 0.15) is 23.7 Å². The molecule has 1 rings (SSSR count). The van der Waals surface area contributed by atoms with E-state index in [0.717, 1.165) is 0 Å². The van der Waals surface area contributed by atoms with Gasteiger partial charge in [-0.15, -0.1) is 13.2 Å². The van der Waals surface area contributed by atoms with Gasteiger partial charge in [-0.05, 0) is 6.92 Å². The van der Waals surface area contributed by atoms with Gasteiger partial charge in [-0.2, -0.15) is 0 Å². The molecule has 0 N–H and O–H groups in total. The van der Waals surface area contributed by atoms with Crippen molar-refractivity contribution in [2.24, 2.45) is 0 Å². The summed E-state index contributed by atoms with van der Waals surface area (Å²) in [4.78, 5) is 22.4. The molecule has 0 saturated carbocycles. The smallest absolute Gasteiger partial charge is 0.313 e. The zero-order valence-electron chi connectivity index (χ0n) is 9.44. The summed E-state index contributed by atoms with van der Waals surface area (Å²) in [6.07, 6.45) is -0.183. The highest BCUT2D eigenvalue weighted by molar-refractivity contribution is 6.05. The molecule has 0 heterocycles. The van der Waals surface area contributed by atoms with Crippen LogP contribution < -0.4 is 0 Å². The first-order chi connectivity index (χ1) is 7.74. The molecule has 16 heavy (non-hydrogen) atoms. The van der Waals surface area contributed by atoms with Crippen molar-refractivity contribution in [3.05, 3.63) is 49.1 Å². The molecule has 0 aromatic heterocycles. The maximum absolute atomic E-state index is 11.4. The van der Waals surface area contributed by atoms with E-state index in [4.69, 9.17) is 0 Å². The Bertz CT molecular complexity index is 330. The van der Waals surface area contributed by atoms with E-state index in [0.29, 0.717) is 12.2 Å². The Hall–Kier alpha value is -1.90. The molecule has 1 aromatic rings. The molecule has 86 valence electrons. The molecule has 0 radical (unpaired) electrons. The average Bonchev–Trinajstić information content (AvgIpc) is 2.33. The maximum Gasteiger partial charge on any atom is 0.313 e. The number of carbonyl (C=O) groups excluding carboxylic acids is 2. The zero-order valence-corrected chi connectivity index (χ0v) is 9.44. The lowest BCUT2D eigenvalue weighted by molar-refractivity contribution is -0.141. The molecule has 0 aliphatic carbocycles. The van der Waals surface area contributed by atoms with Gasteiger partial charge in [-0.25, -0.2) is 0 Å². The molecule has 0 fully saturated rings. The minimum absolute atomic E-state index is 0.183. The minimum Gasteiger partial charge on any atom is -0.466 e. The molecule has 3 heteroatoms. The van der Waals surface area contributed by atoms with E-state index < -0.39 is 5.97 Å². The molecule has 0 saturated heterocycles. The van der Waals surface area contributed by atoms with Gasteiger partial charge in [0.05, 0.1) is 6.61 Å². The summed E-state index contributed by atoms with van der Waals surface area (Å²) in [6.45, 7) is 8.02. The molecule has 0 aliphatic heterocycles. The van der Waals surface area contributed by atoms with E-state index in [2.05, 4.69) is 17.9 Å². The molecule has 0 aliphatic rings. The zero-order chi connectivity index (χ0) is 12.4. The Labute approximate surface area is 95.7 Å². The molecule has 3 nitrogen and oxygen atoms in total. The molecule has 0 atom stereocenters. The van der Waals surface area contributed by atoms with Crippen LogP contribution in [0.4, 0.5) is 0 Å². The second kappa shape index (κ2) is 8.41. The van der Waals surface area contributed by atoms with Crippen molar-refractivity contribution in [2.75, 3.05) is 6.61 Å². The first-order valence-electron chi connectivity index (χ1n) is 4.98. The van der Waals surface area contributed by atoms with Crippen molar-refractivity contribution < 1.29 is 14.3 Å². The highest BCUT2D eigenvalue weighted by Crippen LogP contribution is 2.03. The van der Waals surface area contributed by atoms with Crippen LogP contribution in [0.3, 0.4) is 0 Å². The van der Waals surface area contributed by atoms with E-state index in [1.165, 1.54) is 0 Å². The van der Waals surface area contributed by atoms with Gasteiger partial charge in [0.2, 0.25) is 0 Å². The van der Waals surface area contributed by atoms with E-state index in [1.807, 2.05) is 6.07 Å². The Kier molecular flexibility index (Phi) is 7.41. The lowest BCUT2D eigenvalue weighted by Gasteiger charge is -2.00. The van der Waals surface area contributed by atoms with Crippen LogP contribution in [0.15, 0.2) is 43.5 Å². The normalized spacial score (nSPS) is 8.56. The van der Waals surface area contributed by atoms with Gasteiger partial charge in [0.25, 0.3) is 0 Å². The highest BCUT2D eigenvalue weighted by Gasteiger charge is 2.11. The van der Waals surface area contributed by atoms with E-state index in [9.17, 15) is 9.59 Å². The monoisotopic (exact) mass is 220 g/mol. The Balaban J connectivity index is 0.00000106. The third-order valence-corrected chi connectivity index (χ3v) is 1.71. The van der Waals surface area contributed by atoms with Crippen molar-refractivity contribution in [2.45, 2.75) is 13.3 Å². The van der Waals surface area contributed by atoms with Crippen LogP contribution in [-0.4, -0.2) is 18.4 Å².